The van der Waals surface area contributed by atoms with Gasteiger partial charge in [-0.1, -0.05) is 54.6 Å². The van der Waals surface area contributed by atoms with Crippen molar-refractivity contribution in [3.8, 4) is 5.75 Å². The third kappa shape index (κ3) is 2.48. The average molecular weight is 329 g/mol. The number of hydrogen-bond donors (Lipinski definition) is 1. The van der Waals surface area contributed by atoms with Crippen LogP contribution in [0.25, 0.3) is 0 Å². The predicted molar refractivity (Wildman–Crippen MR) is 94.9 cm³/mol. The van der Waals surface area contributed by atoms with Gasteiger partial charge in [0.25, 0.3) is 0 Å². The van der Waals surface area contributed by atoms with Gasteiger partial charge in [0.2, 0.25) is 0 Å². The Hall–Kier alpha value is -3.40. The fraction of sp³-hybridized carbons (Fsp3) is 0.0476. The highest BCUT2D eigenvalue weighted by Gasteiger charge is 2.33. The summed E-state index contributed by atoms with van der Waals surface area (Å²) in [5.74, 6) is -0.102. The molecule has 0 spiro atoms. The van der Waals surface area contributed by atoms with Crippen LogP contribution in [0.3, 0.4) is 0 Å². The van der Waals surface area contributed by atoms with Crippen molar-refractivity contribution in [2.24, 2.45) is 0 Å². The number of fused-ring (bicyclic) bond motifs is 2. The van der Waals surface area contributed by atoms with Gasteiger partial charge in [-0.05, 0) is 17.7 Å². The summed E-state index contributed by atoms with van der Waals surface area (Å²) in [5, 5.41) is 0. The lowest BCUT2D eigenvalue weighted by atomic mass is 9.83. The molecule has 4 nitrogen and oxygen atoms in total. The molecule has 0 aliphatic heterocycles. The van der Waals surface area contributed by atoms with Gasteiger partial charge in [-0.3, -0.25) is 9.59 Å². The van der Waals surface area contributed by atoms with E-state index < -0.39 is 0 Å². The van der Waals surface area contributed by atoms with Gasteiger partial charge in [0.05, 0.1) is 11.1 Å². The highest BCUT2D eigenvalue weighted by molar-refractivity contribution is 6.30. The Bertz CT molecular complexity index is 993. The zero-order valence-corrected chi connectivity index (χ0v) is 13.4. The molecule has 0 atom stereocenters. The first-order chi connectivity index (χ1) is 12.2. The lowest BCUT2D eigenvalue weighted by molar-refractivity contribution is 0.0976. The Balaban J connectivity index is 1.79. The summed E-state index contributed by atoms with van der Waals surface area (Å²) in [6.45, 7) is 0.306. The van der Waals surface area contributed by atoms with Crippen molar-refractivity contribution < 1.29 is 14.3 Å². The van der Waals surface area contributed by atoms with Gasteiger partial charge in [-0.2, -0.15) is 0 Å². The summed E-state index contributed by atoms with van der Waals surface area (Å²) >= 11 is 0. The van der Waals surface area contributed by atoms with E-state index in [1.54, 1.807) is 36.4 Å². The predicted octanol–water partition coefficient (Wildman–Crippen LogP) is 3.62. The van der Waals surface area contributed by atoms with E-state index in [1.165, 1.54) is 0 Å². The minimum atomic E-state index is -0.243. The van der Waals surface area contributed by atoms with Crippen molar-refractivity contribution in [1.82, 2.24) is 0 Å². The summed E-state index contributed by atoms with van der Waals surface area (Å²) in [7, 11) is 0. The molecule has 0 radical (unpaired) electrons. The second kappa shape index (κ2) is 5.91. The molecule has 0 unspecified atom stereocenters. The third-order valence-electron chi connectivity index (χ3n) is 4.31. The van der Waals surface area contributed by atoms with Gasteiger partial charge in [-0.15, -0.1) is 0 Å². The highest BCUT2D eigenvalue weighted by atomic mass is 16.5. The highest BCUT2D eigenvalue weighted by Crippen LogP contribution is 2.36. The molecule has 0 saturated carbocycles. The molecule has 0 amide bonds. The van der Waals surface area contributed by atoms with Gasteiger partial charge >= 0.3 is 0 Å². The monoisotopic (exact) mass is 329 g/mol. The van der Waals surface area contributed by atoms with Crippen molar-refractivity contribution in [2.75, 3.05) is 5.73 Å². The van der Waals surface area contributed by atoms with E-state index in [0.29, 0.717) is 23.5 Å². The van der Waals surface area contributed by atoms with Crippen LogP contribution in [-0.4, -0.2) is 11.6 Å². The lowest BCUT2D eigenvalue weighted by Gasteiger charge is -2.21. The van der Waals surface area contributed by atoms with E-state index in [2.05, 4.69) is 0 Å². The van der Waals surface area contributed by atoms with Crippen LogP contribution in [0.4, 0.5) is 5.69 Å². The van der Waals surface area contributed by atoms with E-state index >= 15 is 0 Å². The topological polar surface area (TPSA) is 69.4 Å². The van der Waals surface area contributed by atoms with Crippen LogP contribution in [0.2, 0.25) is 0 Å². The Morgan fingerprint density at radius 3 is 2.00 bits per heavy atom. The van der Waals surface area contributed by atoms with E-state index in [1.807, 2.05) is 30.3 Å². The van der Waals surface area contributed by atoms with Crippen LogP contribution < -0.4 is 10.5 Å². The largest absolute Gasteiger partial charge is 0.488 e. The van der Waals surface area contributed by atoms with Crippen molar-refractivity contribution in [3.63, 3.8) is 0 Å². The zero-order valence-electron chi connectivity index (χ0n) is 13.4. The lowest BCUT2D eigenvalue weighted by Crippen LogP contribution is -2.23. The minimum Gasteiger partial charge on any atom is -0.488 e. The maximum Gasteiger partial charge on any atom is 0.198 e. The normalized spacial score (nSPS) is 12.5. The number of rotatable bonds is 3. The molecule has 3 aromatic rings. The van der Waals surface area contributed by atoms with Gasteiger partial charge in [0.15, 0.2) is 11.6 Å². The summed E-state index contributed by atoms with van der Waals surface area (Å²) in [4.78, 5) is 25.8. The van der Waals surface area contributed by atoms with Crippen molar-refractivity contribution in [3.05, 3.63) is 94.5 Å². The molecule has 4 heteroatoms. The molecule has 0 aromatic heterocycles. The number of ketones is 2. The number of nitrogen functional groups attached to an aromatic ring is 1. The molecule has 2 N–H and O–H groups in total. The maximum atomic E-state index is 13.0. The van der Waals surface area contributed by atoms with Crippen LogP contribution in [0.15, 0.2) is 66.7 Å². The third-order valence-corrected chi connectivity index (χ3v) is 4.31. The van der Waals surface area contributed by atoms with Crippen LogP contribution >= 0.6 is 0 Å². The van der Waals surface area contributed by atoms with E-state index in [4.69, 9.17) is 10.5 Å². The Morgan fingerprint density at radius 1 is 0.720 bits per heavy atom. The van der Waals surface area contributed by atoms with Crippen molar-refractivity contribution in [2.45, 2.75) is 6.61 Å². The van der Waals surface area contributed by atoms with Gasteiger partial charge in [0.1, 0.15) is 12.4 Å². The van der Waals surface area contributed by atoms with Crippen LogP contribution in [0.5, 0.6) is 5.75 Å². The number of ether oxygens (including phenoxy) is 1. The SMILES string of the molecule is Nc1ccc(OCc2ccccc2)c2c1C(=O)c1ccccc1C2=O. The first-order valence-corrected chi connectivity index (χ1v) is 7.94. The standard InChI is InChI=1S/C21H15NO3/c22-16-10-11-17(25-12-13-6-2-1-3-7-13)19-18(16)20(23)14-8-4-5-9-15(14)21(19)24/h1-11H,12,22H2. The van der Waals surface area contributed by atoms with E-state index in [0.717, 1.165) is 5.56 Å². The fourth-order valence-electron chi connectivity index (χ4n) is 3.07. The van der Waals surface area contributed by atoms with Gasteiger partial charge in [0, 0.05) is 16.8 Å². The minimum absolute atomic E-state index is 0.231. The number of nitrogens with two attached hydrogens (primary N) is 1. The molecule has 3 aromatic carbocycles. The maximum absolute atomic E-state index is 13.0. The number of hydrogen-bond acceptors (Lipinski definition) is 4. The van der Waals surface area contributed by atoms with Crippen molar-refractivity contribution in [1.29, 1.82) is 0 Å². The molecule has 122 valence electrons. The molecule has 1 aliphatic carbocycles. The van der Waals surface area contributed by atoms with E-state index in [-0.39, 0.29) is 28.4 Å². The molecule has 1 aliphatic rings. The average Bonchev–Trinajstić information content (AvgIpc) is 2.66. The number of benzene rings is 3. The Labute approximate surface area is 144 Å². The Morgan fingerprint density at radius 2 is 1.32 bits per heavy atom. The van der Waals surface area contributed by atoms with Crippen LogP contribution in [-0.2, 0) is 6.61 Å². The first-order valence-electron chi connectivity index (χ1n) is 7.94. The molecule has 4 rings (SSSR count). The van der Waals surface area contributed by atoms with Gasteiger partial charge < -0.3 is 10.5 Å². The molecule has 0 bridgehead atoms. The summed E-state index contributed by atoms with van der Waals surface area (Å²) < 4.78 is 5.85. The zero-order chi connectivity index (χ0) is 17.4. The molecule has 0 heterocycles. The van der Waals surface area contributed by atoms with Crippen molar-refractivity contribution >= 4 is 17.3 Å². The fourth-order valence-corrected chi connectivity index (χ4v) is 3.07. The quantitative estimate of drug-likeness (QED) is 0.583. The Kier molecular flexibility index (Phi) is 3.58. The van der Waals surface area contributed by atoms with E-state index in [9.17, 15) is 9.59 Å². The second-order valence-electron chi connectivity index (χ2n) is 5.88. The molecular formula is C21H15NO3. The molecule has 0 saturated heterocycles. The summed E-state index contributed by atoms with van der Waals surface area (Å²) in [6, 6.07) is 19.7. The molecular weight excluding hydrogens is 314 g/mol. The smallest absolute Gasteiger partial charge is 0.198 e. The first kappa shape index (κ1) is 15.1. The number of carbonyl (C=O) groups is 2. The summed E-state index contributed by atoms with van der Waals surface area (Å²) in [5.41, 5.74) is 8.51. The van der Waals surface area contributed by atoms with Crippen LogP contribution in [0, 0.1) is 0 Å². The number of anilines is 1. The molecule has 0 fully saturated rings. The second-order valence-corrected chi connectivity index (χ2v) is 5.88. The van der Waals surface area contributed by atoms with Gasteiger partial charge in [-0.25, -0.2) is 0 Å². The number of carbonyl (C=O) groups excluding carboxylic acids is 2. The van der Waals surface area contributed by atoms with Crippen LogP contribution in [0.1, 0.15) is 37.4 Å². The molecule has 25 heavy (non-hydrogen) atoms. The summed E-state index contributed by atoms with van der Waals surface area (Å²) in [6.07, 6.45) is 0.